The van der Waals surface area contributed by atoms with Gasteiger partial charge in [0.05, 0.1) is 10.4 Å². The lowest BCUT2D eigenvalue weighted by atomic mass is 10.1. The number of pyridine rings is 1. The van der Waals surface area contributed by atoms with Gasteiger partial charge in [-0.3, -0.25) is 19.7 Å². The molecule has 35 heavy (non-hydrogen) atoms. The fraction of sp³-hybridized carbons (Fsp3) is 0.360. The molecule has 3 aromatic rings. The minimum Gasteiger partial charge on any atom is -0.362 e. The van der Waals surface area contributed by atoms with Crippen molar-refractivity contribution >= 4 is 39.8 Å². The van der Waals surface area contributed by atoms with E-state index in [9.17, 15) is 19.7 Å². The van der Waals surface area contributed by atoms with Crippen molar-refractivity contribution in [1.29, 1.82) is 0 Å². The summed E-state index contributed by atoms with van der Waals surface area (Å²) < 4.78 is 1.48. The van der Waals surface area contributed by atoms with Crippen LogP contribution >= 0.6 is 11.6 Å². The molecular formula is C25H30ClN5O4. The number of nitrogens with zero attached hydrogens (tertiary/aromatic N) is 5. The predicted molar refractivity (Wildman–Crippen MR) is 140 cm³/mol. The van der Waals surface area contributed by atoms with Gasteiger partial charge in [0.25, 0.3) is 5.91 Å². The zero-order valence-electron chi connectivity index (χ0n) is 19.1. The lowest BCUT2D eigenvalue weighted by molar-refractivity contribution is -0.385. The van der Waals surface area contributed by atoms with Gasteiger partial charge < -0.3 is 19.3 Å². The molecule has 4 rings (SSSR count). The van der Waals surface area contributed by atoms with Crippen molar-refractivity contribution in [2.45, 2.75) is 14.0 Å². The van der Waals surface area contributed by atoms with Crippen LogP contribution in [0.3, 0.4) is 0 Å². The topological polar surface area (TPSA) is 91.9 Å². The van der Waals surface area contributed by atoms with Crippen LogP contribution in [0.4, 0.5) is 11.4 Å². The Morgan fingerprint density at radius 2 is 1.69 bits per heavy atom. The first-order valence-corrected chi connectivity index (χ1v) is 11.4. The summed E-state index contributed by atoms with van der Waals surface area (Å²) in [6, 6.07) is 14.0. The van der Waals surface area contributed by atoms with E-state index in [1.54, 1.807) is 29.2 Å². The third-order valence-corrected chi connectivity index (χ3v) is 6.30. The first-order chi connectivity index (χ1) is 16.3. The van der Waals surface area contributed by atoms with Crippen LogP contribution in [0.5, 0.6) is 0 Å². The molecule has 1 fully saturated rings. The van der Waals surface area contributed by atoms with Crippen LogP contribution < -0.4 is 10.5 Å². The zero-order valence-corrected chi connectivity index (χ0v) is 19.9. The van der Waals surface area contributed by atoms with Gasteiger partial charge >= 0.3 is 11.2 Å². The molecule has 1 aromatic heterocycles. The number of likely N-dealkylation sites (N-methyl/N-ethyl adjacent to an activating group) is 1. The quantitative estimate of drug-likeness (QED) is 0.379. The van der Waals surface area contributed by atoms with E-state index in [1.807, 2.05) is 48.2 Å². The van der Waals surface area contributed by atoms with E-state index < -0.39 is 16.2 Å². The molecule has 0 bridgehead atoms. The van der Waals surface area contributed by atoms with Crippen LogP contribution in [-0.4, -0.2) is 72.0 Å². The molecule has 1 aliphatic heterocycles. The summed E-state index contributed by atoms with van der Waals surface area (Å²) in [5, 5.41) is 13.3. The third-order valence-electron chi connectivity index (χ3n) is 6.05. The number of rotatable bonds is 6. The molecule has 1 saturated heterocycles. The Bertz CT molecular complexity index is 1280. The van der Waals surface area contributed by atoms with Gasteiger partial charge in [0.1, 0.15) is 5.69 Å². The second-order valence-corrected chi connectivity index (χ2v) is 8.95. The Balaban J connectivity index is 0.00000342. The Hall–Kier alpha value is -3.43. The summed E-state index contributed by atoms with van der Waals surface area (Å²) >= 11 is 5.92. The smallest absolute Gasteiger partial charge is 0.357 e. The third kappa shape index (κ3) is 5.31. The molecule has 0 radical (unpaired) electrons. The highest BCUT2D eigenvalue weighted by molar-refractivity contribution is 6.30. The maximum Gasteiger partial charge on any atom is 0.357 e. The van der Waals surface area contributed by atoms with Crippen molar-refractivity contribution in [2.24, 2.45) is 0 Å². The van der Waals surface area contributed by atoms with Crippen molar-refractivity contribution in [3.8, 4) is 0 Å². The number of carbonyl (C=O) groups is 1. The molecule has 2 aromatic carbocycles. The van der Waals surface area contributed by atoms with E-state index in [1.165, 1.54) is 4.57 Å². The minimum absolute atomic E-state index is 0. The molecule has 1 amide bonds. The first-order valence-electron chi connectivity index (χ1n) is 11.0. The number of amides is 1. The first kappa shape index (κ1) is 26.2. The van der Waals surface area contributed by atoms with Crippen LogP contribution in [0.15, 0.2) is 53.3 Å². The van der Waals surface area contributed by atoms with Crippen LogP contribution in [0.1, 0.15) is 17.8 Å². The second kappa shape index (κ2) is 10.9. The van der Waals surface area contributed by atoms with Crippen molar-refractivity contribution in [3.05, 3.63) is 79.6 Å². The molecular weight excluding hydrogens is 470 g/mol. The molecule has 2 heterocycles. The summed E-state index contributed by atoms with van der Waals surface area (Å²) in [6.45, 7) is 2.45. The van der Waals surface area contributed by atoms with Crippen LogP contribution in [0, 0.1) is 10.1 Å². The van der Waals surface area contributed by atoms with Crippen molar-refractivity contribution in [1.82, 2.24) is 14.4 Å². The number of piperazine rings is 1. The van der Waals surface area contributed by atoms with E-state index >= 15 is 0 Å². The molecule has 186 valence electrons. The number of benzene rings is 2. The van der Waals surface area contributed by atoms with E-state index in [0.717, 1.165) is 0 Å². The Labute approximate surface area is 209 Å². The number of halogens is 1. The van der Waals surface area contributed by atoms with Crippen LogP contribution in [-0.2, 0) is 6.54 Å². The molecule has 10 heteroatoms. The lowest BCUT2D eigenvalue weighted by Crippen LogP contribution is -2.49. The van der Waals surface area contributed by atoms with Gasteiger partial charge in [-0.1, -0.05) is 37.2 Å². The average molecular weight is 500 g/mol. The maximum absolute atomic E-state index is 13.3. The number of para-hydroxylation sites is 1. The van der Waals surface area contributed by atoms with Crippen LogP contribution in [0.25, 0.3) is 10.9 Å². The molecule has 0 saturated carbocycles. The number of aromatic nitrogens is 1. The van der Waals surface area contributed by atoms with Crippen LogP contribution in [0.2, 0.25) is 5.02 Å². The Morgan fingerprint density at radius 3 is 2.29 bits per heavy atom. The maximum atomic E-state index is 13.3. The SMILES string of the molecule is C.CN(C)CCn1c(=O)c([N+](=O)[O-])c(N2CCN(C(=O)c3ccc(Cl)cc3)CC2)c2ccccc21. The van der Waals surface area contributed by atoms with E-state index in [-0.39, 0.29) is 13.3 Å². The minimum atomic E-state index is -0.611. The number of fused-ring (bicyclic) bond motifs is 1. The van der Waals surface area contributed by atoms with Crippen molar-refractivity contribution in [2.75, 3.05) is 51.7 Å². The summed E-state index contributed by atoms with van der Waals surface area (Å²) in [5.41, 5.74) is 0.493. The number of hydrogen-bond donors (Lipinski definition) is 0. The lowest BCUT2D eigenvalue weighted by Gasteiger charge is -2.36. The number of anilines is 1. The monoisotopic (exact) mass is 499 g/mol. The summed E-state index contributed by atoms with van der Waals surface area (Å²) in [7, 11) is 3.78. The summed E-state index contributed by atoms with van der Waals surface area (Å²) in [6.07, 6.45) is 0. The van der Waals surface area contributed by atoms with Crippen molar-refractivity contribution < 1.29 is 9.72 Å². The second-order valence-electron chi connectivity index (χ2n) is 8.52. The number of nitro groups is 1. The van der Waals surface area contributed by atoms with E-state index in [4.69, 9.17) is 11.6 Å². The van der Waals surface area contributed by atoms with Gasteiger partial charge in [-0.15, -0.1) is 0 Å². The van der Waals surface area contributed by atoms with Gasteiger partial charge in [0, 0.05) is 55.2 Å². The van der Waals surface area contributed by atoms with Gasteiger partial charge in [0.15, 0.2) is 0 Å². The van der Waals surface area contributed by atoms with E-state index in [0.29, 0.717) is 66.4 Å². The molecule has 0 unspecified atom stereocenters. The highest BCUT2D eigenvalue weighted by atomic mass is 35.5. The zero-order chi connectivity index (χ0) is 24.4. The van der Waals surface area contributed by atoms with Gasteiger partial charge in [-0.25, -0.2) is 0 Å². The molecule has 1 aliphatic rings. The summed E-state index contributed by atoms with van der Waals surface area (Å²) in [4.78, 5) is 43.1. The molecule has 9 nitrogen and oxygen atoms in total. The van der Waals surface area contributed by atoms with Crippen molar-refractivity contribution in [3.63, 3.8) is 0 Å². The van der Waals surface area contributed by atoms with Gasteiger partial charge in [-0.05, 0) is 44.4 Å². The fourth-order valence-electron chi connectivity index (χ4n) is 4.29. The van der Waals surface area contributed by atoms with E-state index in [2.05, 4.69) is 0 Å². The predicted octanol–water partition coefficient (Wildman–Crippen LogP) is 3.72. The largest absolute Gasteiger partial charge is 0.362 e. The Kier molecular flexibility index (Phi) is 8.14. The molecule has 0 spiro atoms. The molecule has 0 N–H and O–H groups in total. The molecule has 0 atom stereocenters. The van der Waals surface area contributed by atoms with Gasteiger partial charge in [-0.2, -0.15) is 0 Å². The average Bonchev–Trinajstić information content (AvgIpc) is 2.82. The number of hydrogen-bond acceptors (Lipinski definition) is 6. The number of carbonyl (C=O) groups excluding carboxylic acids is 1. The fourth-order valence-corrected chi connectivity index (χ4v) is 4.42. The highest BCUT2D eigenvalue weighted by Crippen LogP contribution is 2.34. The highest BCUT2D eigenvalue weighted by Gasteiger charge is 2.32. The molecule has 0 aliphatic carbocycles. The standard InChI is InChI=1S/C24H26ClN5O4.CH4/c1-26(2)11-16-29-20-6-4-3-5-19(20)21(22(24(29)32)30(33)34)27-12-14-28(15-13-27)23(31)17-7-9-18(25)10-8-17;/h3-10H,11-16H2,1-2H3;1H4. The Morgan fingerprint density at radius 1 is 1.06 bits per heavy atom. The summed E-state index contributed by atoms with van der Waals surface area (Å²) in [5.74, 6) is -0.116. The normalized spacial score (nSPS) is 13.7. The van der Waals surface area contributed by atoms with Gasteiger partial charge in [0.2, 0.25) is 0 Å².